The molecule has 0 aromatic carbocycles. The molecule has 1 atom stereocenters. The second kappa shape index (κ2) is 31.6. The Labute approximate surface area is 275 Å². The van der Waals surface area contributed by atoms with E-state index in [2.05, 4.69) is 24.5 Å². The summed E-state index contributed by atoms with van der Waals surface area (Å²) in [6, 6.07) is 0. The summed E-state index contributed by atoms with van der Waals surface area (Å²) in [7, 11) is 2.01. The van der Waals surface area contributed by atoms with Crippen molar-refractivity contribution < 1.29 is 23.0 Å². The topological polar surface area (TPSA) is 79.8 Å². The van der Waals surface area contributed by atoms with Crippen molar-refractivity contribution in [3.05, 3.63) is 0 Å². The first-order chi connectivity index (χ1) is 21.2. The van der Waals surface area contributed by atoms with Gasteiger partial charge in [0.15, 0.2) is 0 Å². The van der Waals surface area contributed by atoms with Crippen LogP contribution in [0.15, 0.2) is 0 Å². The Morgan fingerprint density at radius 1 is 0.568 bits per heavy atom. The van der Waals surface area contributed by atoms with Gasteiger partial charge >= 0.3 is 7.82 Å². The third-order valence-electron chi connectivity index (χ3n) is 8.46. The van der Waals surface area contributed by atoms with Crippen LogP contribution in [0.4, 0.5) is 0 Å². The number of nitrogens with zero attached hydrogens (tertiary/aromatic N) is 1. The predicted molar refractivity (Wildman–Crippen MR) is 191 cm³/mol. The maximum absolute atomic E-state index is 12.7. The van der Waals surface area contributed by atoms with Crippen LogP contribution in [0.2, 0.25) is 0 Å². The zero-order valence-electron chi connectivity index (χ0n) is 30.4. The molecule has 0 radical (unpaired) electrons. The molecular weight excluding hydrogens is 569 g/mol. The van der Waals surface area contributed by atoms with E-state index in [1.165, 1.54) is 141 Å². The van der Waals surface area contributed by atoms with Gasteiger partial charge in [0.25, 0.3) is 0 Å². The van der Waals surface area contributed by atoms with E-state index in [1.54, 1.807) is 0 Å². The number of quaternary nitrogens is 1. The molecule has 0 aliphatic carbocycles. The molecule has 0 saturated carbocycles. The Bertz CT molecular complexity index is 601. The maximum atomic E-state index is 12.7. The number of phosphoric ester groups is 1. The van der Waals surface area contributed by atoms with Crippen LogP contribution < -0.4 is 10.6 Å². The number of nitrogens with one attached hydrogen (secondary N) is 2. The largest absolute Gasteiger partial charge is 0.472 e. The van der Waals surface area contributed by atoms with Crippen LogP contribution in [-0.2, 0) is 13.6 Å². The lowest BCUT2D eigenvalue weighted by Crippen LogP contribution is -2.39. The van der Waals surface area contributed by atoms with Crippen LogP contribution in [0.25, 0.3) is 0 Å². The molecule has 0 saturated heterocycles. The first kappa shape index (κ1) is 44.0. The molecule has 0 fully saturated rings. The number of hydrogen-bond acceptors (Lipinski definition) is 5. The van der Waals surface area contributed by atoms with Crippen molar-refractivity contribution in [3.8, 4) is 0 Å². The summed E-state index contributed by atoms with van der Waals surface area (Å²) < 4.78 is 24.3. The van der Waals surface area contributed by atoms with E-state index in [1.807, 2.05) is 21.1 Å². The van der Waals surface area contributed by atoms with Gasteiger partial charge in [-0.25, -0.2) is 4.57 Å². The summed E-state index contributed by atoms with van der Waals surface area (Å²) in [5.41, 5.74) is 0. The molecule has 0 spiro atoms. The van der Waals surface area contributed by atoms with Crippen molar-refractivity contribution in [1.29, 1.82) is 0 Å². The third-order valence-corrected chi connectivity index (χ3v) is 9.53. The molecule has 0 aliphatic rings. The van der Waals surface area contributed by atoms with Gasteiger partial charge in [0.05, 0.1) is 27.2 Å². The minimum absolute atomic E-state index is 0.197. The third kappa shape index (κ3) is 34.9. The molecule has 7 nitrogen and oxygen atoms in total. The van der Waals surface area contributed by atoms with E-state index in [0.29, 0.717) is 24.1 Å². The van der Waals surface area contributed by atoms with Gasteiger partial charge < -0.3 is 20.0 Å². The molecule has 0 aromatic heterocycles. The van der Waals surface area contributed by atoms with Gasteiger partial charge in [0, 0.05) is 13.1 Å². The van der Waals surface area contributed by atoms with E-state index >= 15 is 0 Å². The van der Waals surface area contributed by atoms with Crippen LogP contribution >= 0.6 is 7.82 Å². The Balaban J connectivity index is 4.11. The highest BCUT2D eigenvalue weighted by Gasteiger charge is 2.27. The summed E-state index contributed by atoms with van der Waals surface area (Å²) in [4.78, 5) is 10.4. The van der Waals surface area contributed by atoms with Crippen LogP contribution in [0.3, 0.4) is 0 Å². The van der Waals surface area contributed by atoms with Crippen molar-refractivity contribution in [2.24, 2.45) is 0 Å². The van der Waals surface area contributed by atoms with Crippen LogP contribution in [0.1, 0.15) is 168 Å². The SMILES string of the molecule is CCCCCCCCCCCCCCNCC(CNCCCCCCCCCCCCCC)OP(=O)(O)OCC[N+](C)(C)C. The molecule has 0 heterocycles. The number of hydrogen-bond donors (Lipinski definition) is 3. The van der Waals surface area contributed by atoms with E-state index in [-0.39, 0.29) is 6.61 Å². The van der Waals surface area contributed by atoms with Gasteiger partial charge in [-0.3, -0.25) is 9.05 Å². The van der Waals surface area contributed by atoms with Crippen LogP contribution in [0.5, 0.6) is 0 Å². The molecule has 44 heavy (non-hydrogen) atoms. The molecule has 266 valence electrons. The average Bonchev–Trinajstić information content (AvgIpc) is 2.96. The van der Waals surface area contributed by atoms with Crippen molar-refractivity contribution in [2.75, 3.05) is 60.5 Å². The smallest absolute Gasteiger partial charge is 0.329 e. The fraction of sp³-hybridized carbons (Fsp3) is 1.00. The van der Waals surface area contributed by atoms with E-state index in [4.69, 9.17) is 9.05 Å². The predicted octanol–water partition coefficient (Wildman–Crippen LogP) is 9.78. The maximum Gasteiger partial charge on any atom is 0.472 e. The fourth-order valence-corrected chi connectivity index (χ4v) is 6.40. The van der Waals surface area contributed by atoms with Gasteiger partial charge in [-0.2, -0.15) is 0 Å². The standard InChI is InChI=1S/C36H78N3O4P/c1-6-8-10-12-14-16-18-20-22-24-26-28-30-37-34-36(43-44(40,41)42-33-32-39(3,4)5)35-38-31-29-27-25-23-21-19-17-15-13-11-9-7-2/h36-38H,6-35H2,1-5H3/p+1. The van der Waals surface area contributed by atoms with E-state index in [0.717, 1.165) is 25.9 Å². The summed E-state index contributed by atoms with van der Waals surface area (Å²) in [6.07, 6.45) is 31.8. The molecular formula is C36H79N3O4P+. The first-order valence-corrected chi connectivity index (χ1v) is 20.6. The molecule has 3 N–H and O–H groups in total. The molecule has 0 aliphatic heterocycles. The highest BCUT2D eigenvalue weighted by atomic mass is 31.2. The van der Waals surface area contributed by atoms with E-state index in [9.17, 15) is 9.46 Å². The second-order valence-electron chi connectivity index (χ2n) is 14.2. The second-order valence-corrected chi connectivity index (χ2v) is 15.6. The average molecular weight is 649 g/mol. The van der Waals surface area contributed by atoms with Gasteiger partial charge in [-0.1, -0.05) is 155 Å². The number of unbranched alkanes of at least 4 members (excludes halogenated alkanes) is 22. The normalized spacial score (nSPS) is 13.6. The number of rotatable bonds is 36. The van der Waals surface area contributed by atoms with Gasteiger partial charge in [0.2, 0.25) is 0 Å². The minimum Gasteiger partial charge on any atom is -0.329 e. The van der Waals surface area contributed by atoms with Gasteiger partial charge in [-0.05, 0) is 25.9 Å². The molecule has 1 unspecified atom stereocenters. The lowest BCUT2D eigenvalue weighted by molar-refractivity contribution is -0.870. The number of phosphoric acid groups is 1. The molecule has 0 amide bonds. The Morgan fingerprint density at radius 3 is 1.20 bits per heavy atom. The number of likely N-dealkylation sites (N-methyl/N-ethyl adjacent to an activating group) is 1. The van der Waals surface area contributed by atoms with Crippen LogP contribution in [-0.4, -0.2) is 76.0 Å². The van der Waals surface area contributed by atoms with Crippen LogP contribution in [0, 0.1) is 0 Å². The summed E-state index contributed by atoms with van der Waals surface area (Å²) >= 11 is 0. The summed E-state index contributed by atoms with van der Waals surface area (Å²) in [5, 5.41) is 6.94. The summed E-state index contributed by atoms with van der Waals surface area (Å²) in [6.45, 7) is 8.31. The minimum atomic E-state index is -4.10. The lowest BCUT2D eigenvalue weighted by Gasteiger charge is -2.25. The zero-order chi connectivity index (χ0) is 32.6. The van der Waals surface area contributed by atoms with Crippen molar-refractivity contribution in [2.45, 2.75) is 174 Å². The van der Waals surface area contributed by atoms with Gasteiger partial charge in [0.1, 0.15) is 13.2 Å². The quantitative estimate of drug-likeness (QED) is 0.0357. The zero-order valence-corrected chi connectivity index (χ0v) is 31.3. The van der Waals surface area contributed by atoms with Crippen molar-refractivity contribution in [3.63, 3.8) is 0 Å². The van der Waals surface area contributed by atoms with E-state index < -0.39 is 13.9 Å². The molecule has 0 bridgehead atoms. The van der Waals surface area contributed by atoms with Crippen molar-refractivity contribution >= 4 is 7.82 Å². The fourth-order valence-electron chi connectivity index (χ4n) is 5.50. The van der Waals surface area contributed by atoms with Gasteiger partial charge in [-0.15, -0.1) is 0 Å². The summed E-state index contributed by atoms with van der Waals surface area (Å²) in [5.74, 6) is 0. The monoisotopic (exact) mass is 649 g/mol. The lowest BCUT2D eigenvalue weighted by atomic mass is 10.1. The highest BCUT2D eigenvalue weighted by molar-refractivity contribution is 7.47. The Hall–Kier alpha value is -0.0100. The molecule has 0 aromatic rings. The molecule has 0 rings (SSSR count). The Morgan fingerprint density at radius 2 is 0.886 bits per heavy atom. The first-order valence-electron chi connectivity index (χ1n) is 19.1. The molecule has 8 heteroatoms. The van der Waals surface area contributed by atoms with Crippen molar-refractivity contribution in [1.82, 2.24) is 10.6 Å². The Kier molecular flexibility index (Phi) is 31.6. The highest BCUT2D eigenvalue weighted by Crippen LogP contribution is 2.44.